The Morgan fingerprint density at radius 3 is 2.91 bits per heavy atom. The number of amides is 1. The minimum absolute atomic E-state index is 0.0676. The number of carbonyl (C=O) groups excluding carboxylic acids is 2. The summed E-state index contributed by atoms with van der Waals surface area (Å²) in [6.45, 7) is 5.47. The van der Waals surface area contributed by atoms with Gasteiger partial charge in [0, 0.05) is 37.3 Å². The predicted molar refractivity (Wildman–Crippen MR) is 129 cm³/mol. The van der Waals surface area contributed by atoms with Crippen LogP contribution in [0.1, 0.15) is 18.9 Å². The third kappa shape index (κ3) is 7.78. The Labute approximate surface area is 202 Å². The van der Waals surface area contributed by atoms with Gasteiger partial charge < -0.3 is 14.8 Å². The van der Waals surface area contributed by atoms with Crippen molar-refractivity contribution in [1.29, 1.82) is 0 Å². The summed E-state index contributed by atoms with van der Waals surface area (Å²) in [7, 11) is 0. The molecule has 1 amide bonds. The van der Waals surface area contributed by atoms with Crippen LogP contribution in [0.2, 0.25) is 10.0 Å². The zero-order valence-electron chi connectivity index (χ0n) is 17.9. The Morgan fingerprint density at radius 2 is 2.19 bits per heavy atom. The molecule has 1 N–H and O–H groups in total. The number of hydrogen-bond donors (Lipinski definition) is 1. The molecule has 1 aromatic carbocycles. The fraction of sp³-hybridized carbons (Fsp3) is 0.500. The van der Waals surface area contributed by atoms with Gasteiger partial charge in [0.05, 0.1) is 35.1 Å². The monoisotopic (exact) mass is 499 g/mol. The first-order valence-corrected chi connectivity index (χ1v) is 12.3. The average Bonchev–Trinajstić information content (AvgIpc) is 2.79. The standard InChI is InChI=1S/C22H27Cl2N3O4S/c1-2-30-22(29)20-6-4-17(11-25-20)32-14-21(28)26-10-16-13-27(7-8-31-16)12-15-3-5-18(23)19(24)9-15/h3-5,9,11,16,20H,2,6-8,10,12-14H2,1H3,(H,26,28)/t16-,20?/m0/s1. The van der Waals surface area contributed by atoms with Gasteiger partial charge in [0.2, 0.25) is 5.91 Å². The fourth-order valence-electron chi connectivity index (χ4n) is 3.37. The van der Waals surface area contributed by atoms with Gasteiger partial charge in [0.15, 0.2) is 6.04 Å². The van der Waals surface area contributed by atoms with Gasteiger partial charge in [-0.05, 0) is 31.0 Å². The van der Waals surface area contributed by atoms with Crippen LogP contribution in [-0.4, -0.2) is 73.7 Å². The van der Waals surface area contributed by atoms with E-state index in [1.807, 2.05) is 18.2 Å². The first-order chi connectivity index (χ1) is 15.4. The Morgan fingerprint density at radius 1 is 1.34 bits per heavy atom. The molecule has 2 heterocycles. The Balaban J connectivity index is 1.36. The van der Waals surface area contributed by atoms with E-state index in [9.17, 15) is 9.59 Å². The summed E-state index contributed by atoms with van der Waals surface area (Å²) < 4.78 is 10.8. The highest BCUT2D eigenvalue weighted by atomic mass is 35.5. The minimum atomic E-state index is -0.483. The van der Waals surface area contributed by atoms with Crippen molar-refractivity contribution in [3.63, 3.8) is 0 Å². The number of carbonyl (C=O) groups is 2. The molecule has 32 heavy (non-hydrogen) atoms. The van der Waals surface area contributed by atoms with E-state index in [2.05, 4.69) is 15.2 Å². The van der Waals surface area contributed by atoms with Crippen LogP contribution in [0.5, 0.6) is 0 Å². The van der Waals surface area contributed by atoms with Crippen LogP contribution in [0.4, 0.5) is 0 Å². The number of thioether (sulfide) groups is 1. The molecule has 3 rings (SSSR count). The van der Waals surface area contributed by atoms with Crippen LogP contribution in [-0.2, 0) is 25.6 Å². The molecule has 1 fully saturated rings. The third-order valence-electron chi connectivity index (χ3n) is 4.99. The normalized spacial score (nSPS) is 21.2. The third-order valence-corrected chi connectivity index (χ3v) is 6.74. The van der Waals surface area contributed by atoms with Crippen molar-refractivity contribution in [3.05, 3.63) is 44.8 Å². The molecular weight excluding hydrogens is 473 g/mol. The highest BCUT2D eigenvalue weighted by molar-refractivity contribution is 8.04. The van der Waals surface area contributed by atoms with Gasteiger partial charge in [-0.15, -0.1) is 11.8 Å². The molecule has 1 aromatic rings. The fourth-order valence-corrected chi connectivity index (χ4v) is 4.44. The van der Waals surface area contributed by atoms with Gasteiger partial charge in [-0.2, -0.15) is 0 Å². The van der Waals surface area contributed by atoms with Crippen LogP contribution in [0.25, 0.3) is 0 Å². The van der Waals surface area contributed by atoms with E-state index in [4.69, 9.17) is 32.7 Å². The average molecular weight is 500 g/mol. The molecule has 0 aliphatic carbocycles. The number of dihydropyridines is 1. The molecule has 7 nitrogen and oxygen atoms in total. The summed E-state index contributed by atoms with van der Waals surface area (Å²) in [5.41, 5.74) is 1.09. The number of halogens is 2. The van der Waals surface area contributed by atoms with E-state index in [1.165, 1.54) is 11.8 Å². The summed E-state index contributed by atoms with van der Waals surface area (Å²) in [6, 6.07) is 5.17. The van der Waals surface area contributed by atoms with Gasteiger partial charge in [-0.25, -0.2) is 4.79 Å². The molecule has 2 aliphatic heterocycles. The number of morpholine rings is 1. The lowest BCUT2D eigenvalue weighted by Crippen LogP contribution is -2.47. The lowest BCUT2D eigenvalue weighted by Gasteiger charge is -2.33. The van der Waals surface area contributed by atoms with E-state index in [-0.39, 0.29) is 23.7 Å². The first-order valence-electron chi connectivity index (χ1n) is 10.5. The summed E-state index contributed by atoms with van der Waals surface area (Å²) in [4.78, 5) is 31.3. The lowest BCUT2D eigenvalue weighted by atomic mass is 10.2. The molecule has 0 radical (unpaired) electrons. The second-order valence-corrected chi connectivity index (χ2v) is 9.32. The summed E-state index contributed by atoms with van der Waals surface area (Å²) in [5, 5.41) is 4.04. The molecule has 1 unspecified atom stereocenters. The molecule has 0 spiro atoms. The van der Waals surface area contributed by atoms with Crippen LogP contribution in [0.3, 0.4) is 0 Å². The maximum Gasteiger partial charge on any atom is 0.331 e. The van der Waals surface area contributed by atoms with Crippen molar-refractivity contribution in [1.82, 2.24) is 10.2 Å². The van der Waals surface area contributed by atoms with Gasteiger partial charge >= 0.3 is 5.97 Å². The molecule has 2 atom stereocenters. The van der Waals surface area contributed by atoms with Crippen molar-refractivity contribution < 1.29 is 19.1 Å². The Kier molecular flexibility index (Phi) is 9.87. The number of esters is 1. The molecular formula is C22H27Cl2N3O4S. The highest BCUT2D eigenvalue weighted by Crippen LogP contribution is 2.24. The number of nitrogens with zero attached hydrogens (tertiary/aromatic N) is 2. The van der Waals surface area contributed by atoms with Crippen LogP contribution in [0.15, 0.2) is 34.2 Å². The van der Waals surface area contributed by atoms with Gasteiger partial charge in [-0.1, -0.05) is 35.3 Å². The molecule has 0 aromatic heterocycles. The van der Waals surface area contributed by atoms with E-state index in [1.54, 1.807) is 19.2 Å². The van der Waals surface area contributed by atoms with Gasteiger partial charge in [0.1, 0.15) is 0 Å². The number of rotatable bonds is 9. The summed E-state index contributed by atoms with van der Waals surface area (Å²) >= 11 is 13.5. The first kappa shape index (κ1) is 25.1. The number of benzene rings is 1. The van der Waals surface area contributed by atoms with Crippen molar-refractivity contribution in [2.24, 2.45) is 4.99 Å². The second kappa shape index (κ2) is 12.6. The number of aliphatic imine (C=N–C) groups is 1. The predicted octanol–water partition coefficient (Wildman–Crippen LogP) is 3.33. The number of hydrogen-bond acceptors (Lipinski definition) is 7. The zero-order valence-corrected chi connectivity index (χ0v) is 20.2. The van der Waals surface area contributed by atoms with E-state index in [0.717, 1.165) is 30.1 Å². The molecule has 0 saturated carbocycles. The van der Waals surface area contributed by atoms with E-state index in [0.29, 0.717) is 36.2 Å². The molecule has 0 bridgehead atoms. The van der Waals surface area contributed by atoms with Crippen molar-refractivity contribution in [2.75, 3.05) is 38.6 Å². The Hall–Kier alpha value is -1.58. The number of nitrogens with one attached hydrogen (secondary N) is 1. The van der Waals surface area contributed by atoms with Crippen molar-refractivity contribution >= 4 is 53.1 Å². The molecule has 1 saturated heterocycles. The van der Waals surface area contributed by atoms with Gasteiger partial charge in [0.25, 0.3) is 0 Å². The Bertz CT molecular complexity index is 881. The number of allylic oxidation sites excluding steroid dienone is 1. The smallest absolute Gasteiger partial charge is 0.331 e. The topological polar surface area (TPSA) is 80.2 Å². The zero-order chi connectivity index (χ0) is 22.9. The minimum Gasteiger partial charge on any atom is -0.464 e. The molecule has 174 valence electrons. The number of ether oxygens (including phenoxy) is 2. The summed E-state index contributed by atoms with van der Waals surface area (Å²) in [5.74, 6) is -0.105. The van der Waals surface area contributed by atoms with Crippen LogP contribution >= 0.6 is 35.0 Å². The highest BCUT2D eigenvalue weighted by Gasteiger charge is 2.22. The van der Waals surface area contributed by atoms with E-state index >= 15 is 0 Å². The van der Waals surface area contributed by atoms with Crippen molar-refractivity contribution in [3.8, 4) is 0 Å². The maximum absolute atomic E-state index is 12.3. The summed E-state index contributed by atoms with van der Waals surface area (Å²) in [6.07, 6.45) is 3.97. The quantitative estimate of drug-likeness (QED) is 0.524. The molecule has 10 heteroatoms. The van der Waals surface area contributed by atoms with Crippen LogP contribution < -0.4 is 5.32 Å². The van der Waals surface area contributed by atoms with E-state index < -0.39 is 6.04 Å². The lowest BCUT2D eigenvalue weighted by molar-refractivity contribution is -0.144. The largest absolute Gasteiger partial charge is 0.464 e. The SMILES string of the molecule is CCOC(=O)C1CC=C(SCC(=O)NC[C@H]2CN(Cc3ccc(Cl)c(Cl)c3)CCO2)C=N1. The second-order valence-electron chi connectivity index (χ2n) is 7.46. The van der Waals surface area contributed by atoms with Gasteiger partial charge in [-0.3, -0.25) is 14.7 Å². The van der Waals surface area contributed by atoms with Crippen molar-refractivity contribution in [2.45, 2.75) is 32.0 Å². The van der Waals surface area contributed by atoms with Crippen LogP contribution in [0, 0.1) is 0 Å². The molecule has 2 aliphatic rings. The maximum atomic E-state index is 12.3.